The number of hydrogen-bond donors (Lipinski definition) is 2. The number of amides is 2. The second-order valence-electron chi connectivity index (χ2n) is 5.94. The van der Waals surface area contributed by atoms with E-state index in [-0.39, 0.29) is 22.8 Å². The molecule has 2 N–H and O–H groups in total. The van der Waals surface area contributed by atoms with Crippen molar-refractivity contribution in [2.75, 3.05) is 5.75 Å². The summed E-state index contributed by atoms with van der Waals surface area (Å²) < 4.78 is 29.8. The van der Waals surface area contributed by atoms with Gasteiger partial charge in [-0.2, -0.15) is 0 Å². The van der Waals surface area contributed by atoms with Crippen molar-refractivity contribution < 1.29 is 22.4 Å². The van der Waals surface area contributed by atoms with Crippen LogP contribution in [0.3, 0.4) is 0 Å². The van der Waals surface area contributed by atoms with Gasteiger partial charge in [0.25, 0.3) is 0 Å². The predicted molar refractivity (Wildman–Crippen MR) is 99.7 cm³/mol. The molecule has 1 heterocycles. The molecule has 0 aliphatic heterocycles. The molecule has 3 rings (SSSR count). The molecule has 3 aromatic rings. The minimum absolute atomic E-state index is 0.0911. The van der Waals surface area contributed by atoms with Gasteiger partial charge in [0.2, 0.25) is 5.91 Å². The first-order valence-electron chi connectivity index (χ1n) is 8.23. The molecule has 0 spiro atoms. The van der Waals surface area contributed by atoms with Gasteiger partial charge in [0, 0.05) is 17.4 Å². The van der Waals surface area contributed by atoms with Crippen LogP contribution in [0.1, 0.15) is 22.5 Å². The van der Waals surface area contributed by atoms with E-state index in [9.17, 15) is 18.0 Å². The third kappa shape index (κ3) is 4.17. The summed E-state index contributed by atoms with van der Waals surface area (Å²) in [6.45, 7) is 1.75. The van der Waals surface area contributed by atoms with Crippen LogP contribution in [0.25, 0.3) is 11.0 Å². The number of sulfone groups is 1. The molecular formula is C19H18N2O5S. The lowest BCUT2D eigenvalue weighted by Crippen LogP contribution is -2.42. The van der Waals surface area contributed by atoms with Crippen molar-refractivity contribution in [1.29, 1.82) is 0 Å². The lowest BCUT2D eigenvalue weighted by Gasteiger charge is -2.07. The van der Waals surface area contributed by atoms with Crippen molar-refractivity contribution >= 4 is 32.6 Å². The van der Waals surface area contributed by atoms with Crippen LogP contribution >= 0.6 is 0 Å². The van der Waals surface area contributed by atoms with Crippen molar-refractivity contribution in [1.82, 2.24) is 10.9 Å². The molecule has 0 aliphatic rings. The Kier molecular flexibility index (Phi) is 5.27. The highest BCUT2D eigenvalue weighted by atomic mass is 32.2. The average Bonchev–Trinajstić information content (AvgIpc) is 3.02. The van der Waals surface area contributed by atoms with Crippen molar-refractivity contribution in [2.45, 2.75) is 18.2 Å². The highest BCUT2D eigenvalue weighted by Gasteiger charge is 2.19. The van der Waals surface area contributed by atoms with E-state index in [0.717, 1.165) is 5.39 Å². The van der Waals surface area contributed by atoms with Crippen molar-refractivity contribution in [3.8, 4) is 0 Å². The van der Waals surface area contributed by atoms with Gasteiger partial charge in [-0.15, -0.1) is 0 Å². The van der Waals surface area contributed by atoms with E-state index >= 15 is 0 Å². The van der Waals surface area contributed by atoms with Crippen molar-refractivity contribution in [3.05, 3.63) is 65.9 Å². The highest BCUT2D eigenvalue weighted by Crippen LogP contribution is 2.24. The van der Waals surface area contributed by atoms with Gasteiger partial charge in [-0.1, -0.05) is 36.4 Å². The normalized spacial score (nSPS) is 11.3. The fraction of sp³-hybridized carbons (Fsp3) is 0.158. The summed E-state index contributed by atoms with van der Waals surface area (Å²) in [6.07, 6.45) is -0.281. The number of rotatable bonds is 5. The van der Waals surface area contributed by atoms with Gasteiger partial charge in [-0.05, 0) is 25.1 Å². The molecule has 2 aromatic carbocycles. The largest absolute Gasteiger partial charge is 0.451 e. The lowest BCUT2D eigenvalue weighted by molar-refractivity contribution is -0.121. The van der Waals surface area contributed by atoms with E-state index in [2.05, 4.69) is 10.9 Å². The van der Waals surface area contributed by atoms with Gasteiger partial charge in [-0.25, -0.2) is 8.42 Å². The van der Waals surface area contributed by atoms with Gasteiger partial charge < -0.3 is 4.42 Å². The topological polar surface area (TPSA) is 105 Å². The number of aryl methyl sites for hydroxylation is 1. The number of nitrogens with one attached hydrogen (secondary N) is 2. The van der Waals surface area contributed by atoms with Gasteiger partial charge >= 0.3 is 5.91 Å². The predicted octanol–water partition coefficient (Wildman–Crippen LogP) is 2.37. The Morgan fingerprint density at radius 3 is 2.33 bits per heavy atom. The summed E-state index contributed by atoms with van der Waals surface area (Å²) in [7, 11) is -3.56. The zero-order valence-electron chi connectivity index (χ0n) is 14.6. The van der Waals surface area contributed by atoms with E-state index in [4.69, 9.17) is 4.42 Å². The highest BCUT2D eigenvalue weighted by molar-refractivity contribution is 7.91. The third-order valence-corrected chi connectivity index (χ3v) is 5.80. The zero-order chi connectivity index (χ0) is 19.4. The summed E-state index contributed by atoms with van der Waals surface area (Å²) in [5.74, 6) is -1.49. The third-order valence-electron chi connectivity index (χ3n) is 4.07. The van der Waals surface area contributed by atoms with Crippen LogP contribution < -0.4 is 10.9 Å². The smallest absolute Gasteiger partial charge is 0.305 e. The second kappa shape index (κ2) is 7.63. The van der Waals surface area contributed by atoms with E-state index in [1.807, 2.05) is 12.1 Å². The maximum atomic E-state index is 12.2. The summed E-state index contributed by atoms with van der Waals surface area (Å²) >= 11 is 0. The molecule has 0 aliphatic carbocycles. The number of benzene rings is 2. The molecule has 8 heteroatoms. The number of carbonyl (C=O) groups is 2. The Morgan fingerprint density at radius 1 is 0.963 bits per heavy atom. The summed E-state index contributed by atoms with van der Waals surface area (Å²) in [5, 5.41) is 0.808. The van der Waals surface area contributed by atoms with E-state index in [1.165, 1.54) is 12.1 Å². The van der Waals surface area contributed by atoms with Gasteiger partial charge in [0.1, 0.15) is 5.58 Å². The van der Waals surface area contributed by atoms with Gasteiger partial charge in [-0.3, -0.25) is 20.4 Å². The molecule has 1 aromatic heterocycles. The Hall–Kier alpha value is -3.13. The average molecular weight is 386 g/mol. The van der Waals surface area contributed by atoms with Gasteiger partial charge in [0.15, 0.2) is 15.6 Å². The number of hydrazine groups is 1. The molecule has 140 valence electrons. The molecule has 0 saturated carbocycles. The molecule has 27 heavy (non-hydrogen) atoms. The van der Waals surface area contributed by atoms with Crippen LogP contribution in [0.5, 0.6) is 0 Å². The maximum Gasteiger partial charge on any atom is 0.305 e. The van der Waals surface area contributed by atoms with Crippen LogP contribution in [0.4, 0.5) is 0 Å². The minimum atomic E-state index is -3.56. The molecule has 2 amide bonds. The zero-order valence-corrected chi connectivity index (χ0v) is 15.4. The molecule has 0 bridgehead atoms. The van der Waals surface area contributed by atoms with Crippen molar-refractivity contribution in [3.63, 3.8) is 0 Å². The van der Waals surface area contributed by atoms with E-state index in [1.54, 1.807) is 37.3 Å². The van der Waals surface area contributed by atoms with Crippen LogP contribution in [-0.4, -0.2) is 26.0 Å². The molecular weight excluding hydrogens is 368 g/mol. The Bertz CT molecular complexity index is 1090. The first-order valence-corrected chi connectivity index (χ1v) is 9.89. The molecule has 0 radical (unpaired) electrons. The fourth-order valence-electron chi connectivity index (χ4n) is 2.61. The Labute approximate surface area is 156 Å². The number of carbonyl (C=O) groups excluding carboxylic acids is 2. The number of fused-ring (bicyclic) bond motifs is 1. The SMILES string of the molecule is Cc1c(C(=O)NNC(=O)CCS(=O)(=O)c2ccccc2)oc2ccccc12. The lowest BCUT2D eigenvalue weighted by atomic mass is 10.1. The number of hydrogen-bond acceptors (Lipinski definition) is 5. The summed E-state index contributed by atoms with van der Waals surface area (Å²) in [6, 6.07) is 15.1. The van der Waals surface area contributed by atoms with Crippen LogP contribution in [0.15, 0.2) is 63.9 Å². The molecule has 0 fully saturated rings. The second-order valence-corrected chi connectivity index (χ2v) is 8.05. The molecule has 0 atom stereocenters. The molecule has 7 nitrogen and oxygen atoms in total. The van der Waals surface area contributed by atoms with Crippen LogP contribution in [0, 0.1) is 6.92 Å². The number of furan rings is 1. The van der Waals surface area contributed by atoms with Crippen LogP contribution in [-0.2, 0) is 14.6 Å². The summed E-state index contributed by atoms with van der Waals surface area (Å²) in [4.78, 5) is 24.3. The Morgan fingerprint density at radius 2 is 1.63 bits per heavy atom. The Balaban J connectivity index is 1.57. The summed E-state index contributed by atoms with van der Waals surface area (Å²) in [5.41, 5.74) is 5.69. The van der Waals surface area contributed by atoms with E-state index in [0.29, 0.717) is 11.1 Å². The quantitative estimate of drug-likeness (QED) is 0.655. The molecule has 0 saturated heterocycles. The number of para-hydroxylation sites is 1. The monoisotopic (exact) mass is 386 g/mol. The van der Waals surface area contributed by atoms with Gasteiger partial charge in [0.05, 0.1) is 10.6 Å². The first-order chi connectivity index (χ1) is 12.9. The van der Waals surface area contributed by atoms with Crippen LogP contribution in [0.2, 0.25) is 0 Å². The maximum absolute atomic E-state index is 12.2. The molecule has 0 unspecified atom stereocenters. The standard InChI is InChI=1S/C19H18N2O5S/c1-13-15-9-5-6-10-16(15)26-18(13)19(23)21-20-17(22)11-12-27(24,25)14-7-3-2-4-8-14/h2-10H,11-12H2,1H3,(H,20,22)(H,21,23). The minimum Gasteiger partial charge on any atom is -0.451 e. The van der Waals surface area contributed by atoms with E-state index < -0.39 is 21.7 Å². The van der Waals surface area contributed by atoms with Crippen molar-refractivity contribution in [2.24, 2.45) is 0 Å². The fourth-order valence-corrected chi connectivity index (χ4v) is 3.87. The first kappa shape index (κ1) is 18.7.